The van der Waals surface area contributed by atoms with E-state index in [1.165, 1.54) is 7.11 Å². The molecule has 0 radical (unpaired) electrons. The van der Waals surface area contributed by atoms with Crippen LogP contribution in [0.1, 0.15) is 49.2 Å². The van der Waals surface area contributed by atoms with Gasteiger partial charge in [0.05, 0.1) is 18.4 Å². The van der Waals surface area contributed by atoms with Crippen molar-refractivity contribution in [2.24, 2.45) is 5.92 Å². The first-order valence-electron chi connectivity index (χ1n) is 11.5. The maximum absolute atomic E-state index is 12.5. The molecule has 0 bridgehead atoms. The third kappa shape index (κ3) is 4.63. The Morgan fingerprint density at radius 1 is 1.16 bits per heavy atom. The number of esters is 1. The predicted octanol–water partition coefficient (Wildman–Crippen LogP) is 4.31. The largest absolute Gasteiger partial charge is 0.464 e. The number of piperazine rings is 1. The first-order chi connectivity index (χ1) is 15.5. The average Bonchev–Trinajstić information content (AvgIpc) is 2.77. The highest BCUT2D eigenvalue weighted by Gasteiger charge is 2.31. The van der Waals surface area contributed by atoms with E-state index in [9.17, 15) is 4.79 Å². The molecule has 2 fully saturated rings. The Hall–Kier alpha value is -2.93. The Bertz CT molecular complexity index is 964. The Balaban J connectivity index is 1.78. The third-order valence-electron chi connectivity index (χ3n) is 6.60. The van der Waals surface area contributed by atoms with Gasteiger partial charge in [0, 0.05) is 49.5 Å². The van der Waals surface area contributed by atoms with Crippen LogP contribution >= 0.6 is 0 Å². The van der Waals surface area contributed by atoms with Crippen LogP contribution in [0.2, 0.25) is 0 Å². The second-order valence-corrected chi connectivity index (χ2v) is 8.89. The molecule has 7 nitrogen and oxygen atoms in total. The molecule has 4 rings (SSSR count). The number of carbonyl (C=O) groups excluding carboxylic acids is 1. The van der Waals surface area contributed by atoms with E-state index in [2.05, 4.69) is 33.9 Å². The summed E-state index contributed by atoms with van der Waals surface area (Å²) >= 11 is 0. The summed E-state index contributed by atoms with van der Waals surface area (Å²) in [5, 5.41) is 12.4. The Labute approximate surface area is 190 Å². The van der Waals surface area contributed by atoms with Gasteiger partial charge in [-0.3, -0.25) is 4.90 Å². The van der Waals surface area contributed by atoms with Gasteiger partial charge >= 0.3 is 5.97 Å². The highest BCUT2D eigenvalue weighted by atomic mass is 16.5. The summed E-state index contributed by atoms with van der Waals surface area (Å²) < 4.78 is 5.00. The van der Waals surface area contributed by atoms with Crippen LogP contribution in [0.25, 0.3) is 0 Å². The summed E-state index contributed by atoms with van der Waals surface area (Å²) in [4.78, 5) is 21.9. The minimum atomic E-state index is -0.468. The molecule has 2 aromatic rings. The van der Waals surface area contributed by atoms with E-state index in [4.69, 9.17) is 10.1 Å². The second-order valence-electron chi connectivity index (χ2n) is 8.89. The van der Waals surface area contributed by atoms with Crippen LogP contribution in [0.3, 0.4) is 0 Å². The molecule has 0 atom stereocenters. The van der Waals surface area contributed by atoms with Crippen LogP contribution in [0.5, 0.6) is 0 Å². The molecule has 170 valence electrons. The molecule has 1 aliphatic heterocycles. The van der Waals surface area contributed by atoms with Crippen molar-refractivity contribution in [3.05, 3.63) is 47.7 Å². The van der Waals surface area contributed by atoms with Crippen LogP contribution in [-0.4, -0.2) is 60.9 Å². The maximum atomic E-state index is 12.5. The summed E-state index contributed by atoms with van der Waals surface area (Å²) in [6.07, 6.45) is 3.22. The van der Waals surface area contributed by atoms with Crippen molar-refractivity contribution in [1.29, 1.82) is 5.41 Å². The number of nitrogens with zero attached hydrogens (tertiary/aromatic N) is 3. The summed E-state index contributed by atoms with van der Waals surface area (Å²) in [6, 6.07) is 12.1. The molecule has 0 spiro atoms. The van der Waals surface area contributed by atoms with Gasteiger partial charge in [-0.25, -0.2) is 9.78 Å². The average molecular weight is 436 g/mol. The van der Waals surface area contributed by atoms with Gasteiger partial charge in [0.2, 0.25) is 0 Å². The zero-order valence-electron chi connectivity index (χ0n) is 19.2. The number of hydrogen-bond donors (Lipinski definition) is 2. The molecule has 1 aliphatic carbocycles. The lowest BCUT2D eigenvalue weighted by Gasteiger charge is -2.39. The predicted molar refractivity (Wildman–Crippen MR) is 128 cm³/mol. The van der Waals surface area contributed by atoms with E-state index in [0.29, 0.717) is 17.6 Å². The van der Waals surface area contributed by atoms with E-state index >= 15 is 0 Å². The van der Waals surface area contributed by atoms with Crippen molar-refractivity contribution in [2.75, 3.05) is 43.5 Å². The van der Waals surface area contributed by atoms with Crippen LogP contribution in [0.4, 0.5) is 17.2 Å². The molecular weight excluding hydrogens is 402 g/mol. The van der Waals surface area contributed by atoms with Gasteiger partial charge in [-0.15, -0.1) is 0 Å². The number of anilines is 3. The third-order valence-corrected chi connectivity index (χ3v) is 6.60. The maximum Gasteiger partial charge on any atom is 0.356 e. The summed E-state index contributed by atoms with van der Waals surface area (Å²) in [5.74, 6) is 0.329. The van der Waals surface area contributed by atoms with Crippen LogP contribution < -0.4 is 10.2 Å². The van der Waals surface area contributed by atoms with E-state index in [1.54, 1.807) is 0 Å². The Morgan fingerprint density at radius 2 is 1.84 bits per heavy atom. The first-order valence-corrected chi connectivity index (χ1v) is 11.5. The van der Waals surface area contributed by atoms with Gasteiger partial charge in [0.25, 0.3) is 0 Å². The molecule has 1 saturated heterocycles. The molecule has 0 amide bonds. The van der Waals surface area contributed by atoms with Gasteiger partial charge in [-0.1, -0.05) is 24.6 Å². The number of aromatic nitrogens is 1. The van der Waals surface area contributed by atoms with Crippen LogP contribution in [0, 0.1) is 11.3 Å². The van der Waals surface area contributed by atoms with E-state index in [1.807, 2.05) is 36.4 Å². The molecule has 2 aliphatic rings. The zero-order chi connectivity index (χ0) is 22.7. The molecule has 1 saturated carbocycles. The van der Waals surface area contributed by atoms with E-state index in [-0.39, 0.29) is 11.6 Å². The second kappa shape index (κ2) is 9.69. The summed E-state index contributed by atoms with van der Waals surface area (Å²) in [7, 11) is 1.37. The van der Waals surface area contributed by atoms with Crippen LogP contribution in [-0.2, 0) is 4.74 Å². The molecule has 0 unspecified atom stereocenters. The fourth-order valence-electron chi connectivity index (χ4n) is 4.38. The number of nitrogens with one attached hydrogen (secondary N) is 2. The minimum Gasteiger partial charge on any atom is -0.464 e. The molecule has 2 heterocycles. The van der Waals surface area contributed by atoms with Gasteiger partial charge in [0.15, 0.2) is 5.69 Å². The standard InChI is InChI=1S/C25H33N5O2/c1-17(2)29-12-14-30(15-13-29)21-16-20(25(31)32-3)28-24(27-19-10-5-4-6-11-19)22(21)23(26)18-8-7-9-18/h4-6,10-11,16-18,26H,7-9,12-15H2,1-3H3,(H,27,28). The number of pyridine rings is 1. The van der Waals surface area contributed by atoms with E-state index < -0.39 is 5.97 Å². The van der Waals surface area contributed by atoms with Crippen molar-refractivity contribution in [1.82, 2.24) is 9.88 Å². The van der Waals surface area contributed by atoms with Crippen molar-refractivity contribution in [2.45, 2.75) is 39.2 Å². The summed E-state index contributed by atoms with van der Waals surface area (Å²) in [6.45, 7) is 8.03. The molecular formula is C25H33N5O2. The van der Waals surface area contributed by atoms with Crippen LogP contribution in [0.15, 0.2) is 36.4 Å². The fourth-order valence-corrected chi connectivity index (χ4v) is 4.38. The summed E-state index contributed by atoms with van der Waals surface area (Å²) in [5.41, 5.74) is 3.46. The van der Waals surface area contributed by atoms with E-state index in [0.717, 1.165) is 62.4 Å². The molecule has 7 heteroatoms. The molecule has 1 aromatic carbocycles. The lowest BCUT2D eigenvalue weighted by atomic mass is 9.79. The topological polar surface area (TPSA) is 81.5 Å². The fraction of sp³-hybridized carbons (Fsp3) is 0.480. The molecule has 32 heavy (non-hydrogen) atoms. The SMILES string of the molecule is COC(=O)c1cc(N2CCN(C(C)C)CC2)c(C(=N)C2CCC2)c(Nc2ccccc2)n1. The number of ether oxygens (including phenoxy) is 1. The Kier molecular flexibility index (Phi) is 6.74. The smallest absolute Gasteiger partial charge is 0.356 e. The quantitative estimate of drug-likeness (QED) is 0.498. The normalized spacial score (nSPS) is 17.2. The van der Waals surface area contributed by atoms with Crippen molar-refractivity contribution in [3.63, 3.8) is 0 Å². The number of rotatable bonds is 7. The van der Waals surface area contributed by atoms with Gasteiger partial charge in [0.1, 0.15) is 5.82 Å². The highest BCUT2D eigenvalue weighted by Crippen LogP contribution is 2.37. The van der Waals surface area contributed by atoms with Crippen molar-refractivity contribution >= 4 is 28.9 Å². The van der Waals surface area contributed by atoms with Crippen molar-refractivity contribution in [3.8, 4) is 0 Å². The first kappa shape index (κ1) is 22.3. The zero-order valence-corrected chi connectivity index (χ0v) is 19.2. The highest BCUT2D eigenvalue weighted by molar-refractivity contribution is 6.10. The van der Waals surface area contributed by atoms with Gasteiger partial charge in [-0.05, 0) is 44.9 Å². The monoisotopic (exact) mass is 435 g/mol. The number of hydrogen-bond acceptors (Lipinski definition) is 7. The number of methoxy groups -OCH3 is 1. The number of para-hydroxylation sites is 1. The number of benzene rings is 1. The number of carbonyl (C=O) groups is 1. The Morgan fingerprint density at radius 3 is 2.41 bits per heavy atom. The van der Waals surface area contributed by atoms with Gasteiger partial charge in [-0.2, -0.15) is 0 Å². The lowest BCUT2D eigenvalue weighted by Crippen LogP contribution is -2.49. The minimum absolute atomic E-state index is 0.243. The van der Waals surface area contributed by atoms with Gasteiger partial charge < -0.3 is 20.4 Å². The molecule has 2 N–H and O–H groups in total. The van der Waals surface area contributed by atoms with Crippen molar-refractivity contribution < 1.29 is 9.53 Å². The lowest BCUT2D eigenvalue weighted by molar-refractivity contribution is 0.0594. The molecule has 1 aromatic heterocycles.